The van der Waals surface area contributed by atoms with E-state index in [9.17, 15) is 23.1 Å². The molecule has 3 amide bonds. The number of carbonyl (C=O) groups is 2. The second-order valence-electron chi connectivity index (χ2n) is 13.4. The van der Waals surface area contributed by atoms with Crippen molar-refractivity contribution in [2.75, 3.05) is 32.8 Å². The van der Waals surface area contributed by atoms with E-state index in [1.54, 1.807) is 23.1 Å². The van der Waals surface area contributed by atoms with Crippen LogP contribution in [0.15, 0.2) is 58.8 Å². The zero-order valence-corrected chi connectivity index (χ0v) is 29.8. The predicted octanol–water partition coefficient (Wildman–Crippen LogP) is 4.07. The van der Waals surface area contributed by atoms with Gasteiger partial charge in [-0.05, 0) is 66.8 Å². The SMILES string of the molecule is Cc1nc(CN2CCN(C(C(N)=O)C(C)C[C@@H](Cc3ccccc3)[C@@H](O)CN(CC(C)C)S(=O)(=O)c3ccc4c(c3)CCO4)C2=O)cs1. The topological polar surface area (TPSA) is 146 Å². The van der Waals surface area contributed by atoms with Gasteiger partial charge in [-0.25, -0.2) is 18.2 Å². The highest BCUT2D eigenvalue weighted by atomic mass is 32.2. The van der Waals surface area contributed by atoms with E-state index in [4.69, 9.17) is 10.5 Å². The van der Waals surface area contributed by atoms with Gasteiger partial charge in [0.15, 0.2) is 0 Å². The summed E-state index contributed by atoms with van der Waals surface area (Å²) in [6.07, 6.45) is 0.369. The molecule has 48 heavy (non-hydrogen) atoms. The molecule has 0 bridgehead atoms. The minimum Gasteiger partial charge on any atom is -0.493 e. The van der Waals surface area contributed by atoms with Crippen molar-refractivity contribution in [2.24, 2.45) is 23.5 Å². The monoisotopic (exact) mass is 697 g/mol. The van der Waals surface area contributed by atoms with Crippen LogP contribution in [0.2, 0.25) is 0 Å². The number of hydrogen-bond donors (Lipinski definition) is 2. The van der Waals surface area contributed by atoms with Crippen molar-refractivity contribution < 1.29 is 27.9 Å². The summed E-state index contributed by atoms with van der Waals surface area (Å²) in [6.45, 7) is 9.43. The number of hydrogen-bond acceptors (Lipinski definition) is 8. The van der Waals surface area contributed by atoms with E-state index in [1.807, 2.05) is 63.4 Å². The summed E-state index contributed by atoms with van der Waals surface area (Å²) in [7, 11) is -3.95. The first kappa shape index (κ1) is 35.8. The van der Waals surface area contributed by atoms with Gasteiger partial charge in [-0.15, -0.1) is 11.3 Å². The van der Waals surface area contributed by atoms with E-state index in [1.165, 1.54) is 20.5 Å². The number of ether oxygens (including phenoxy) is 1. The van der Waals surface area contributed by atoms with E-state index in [-0.39, 0.29) is 29.9 Å². The first-order valence-electron chi connectivity index (χ1n) is 16.6. The molecule has 1 fully saturated rings. The van der Waals surface area contributed by atoms with Gasteiger partial charge in [0.1, 0.15) is 11.8 Å². The number of nitrogens with two attached hydrogens (primary N) is 1. The van der Waals surface area contributed by atoms with Gasteiger partial charge in [-0.2, -0.15) is 4.31 Å². The number of aliphatic hydroxyl groups excluding tert-OH is 1. The minimum absolute atomic E-state index is 0.00722. The molecule has 3 N–H and O–H groups in total. The fourth-order valence-electron chi connectivity index (χ4n) is 6.83. The summed E-state index contributed by atoms with van der Waals surface area (Å²) in [4.78, 5) is 34.3. The van der Waals surface area contributed by atoms with Gasteiger partial charge in [-0.1, -0.05) is 51.1 Å². The van der Waals surface area contributed by atoms with Gasteiger partial charge >= 0.3 is 6.03 Å². The number of thiazole rings is 1. The zero-order valence-electron chi connectivity index (χ0n) is 28.1. The fraction of sp³-hybridized carbons (Fsp3) is 0.514. The number of aryl methyl sites for hydroxylation is 1. The molecular formula is C35H47N5O6S2. The number of sulfonamides is 1. The molecule has 11 nitrogen and oxygen atoms in total. The Labute approximate surface area is 287 Å². The largest absolute Gasteiger partial charge is 0.493 e. The molecule has 1 aromatic heterocycles. The van der Waals surface area contributed by atoms with Crippen molar-refractivity contribution in [3.63, 3.8) is 0 Å². The van der Waals surface area contributed by atoms with Crippen molar-refractivity contribution in [1.29, 1.82) is 0 Å². The van der Waals surface area contributed by atoms with Crippen molar-refractivity contribution in [3.05, 3.63) is 75.7 Å². The number of urea groups is 1. The van der Waals surface area contributed by atoms with Crippen LogP contribution in [-0.4, -0.2) is 89.5 Å². The van der Waals surface area contributed by atoms with Crippen LogP contribution < -0.4 is 10.5 Å². The van der Waals surface area contributed by atoms with E-state index < -0.39 is 39.9 Å². The lowest BCUT2D eigenvalue weighted by Gasteiger charge is -2.35. The lowest BCUT2D eigenvalue weighted by Crippen LogP contribution is -2.51. The molecule has 260 valence electrons. The number of benzene rings is 2. The molecule has 4 atom stereocenters. The van der Waals surface area contributed by atoms with Crippen LogP contribution in [0.3, 0.4) is 0 Å². The first-order chi connectivity index (χ1) is 22.8. The second kappa shape index (κ2) is 15.4. The number of nitrogens with zero attached hydrogens (tertiary/aromatic N) is 4. The maximum atomic E-state index is 14.0. The summed E-state index contributed by atoms with van der Waals surface area (Å²) in [6, 6.07) is 13.4. The molecule has 13 heteroatoms. The Kier molecular flexibility index (Phi) is 11.4. The van der Waals surface area contributed by atoms with Gasteiger partial charge in [-0.3, -0.25) is 4.79 Å². The summed E-state index contributed by atoms with van der Waals surface area (Å²) in [5.41, 5.74) is 8.59. The lowest BCUT2D eigenvalue weighted by molar-refractivity contribution is -0.124. The van der Waals surface area contributed by atoms with Crippen LogP contribution in [0, 0.1) is 24.7 Å². The smallest absolute Gasteiger partial charge is 0.321 e. The maximum Gasteiger partial charge on any atom is 0.321 e. The van der Waals surface area contributed by atoms with Crippen molar-refractivity contribution in [2.45, 2.75) is 70.5 Å². The average molecular weight is 698 g/mol. The molecule has 0 radical (unpaired) electrons. The van der Waals surface area contributed by atoms with Crippen molar-refractivity contribution >= 4 is 33.3 Å². The summed E-state index contributed by atoms with van der Waals surface area (Å²) < 4.78 is 35.0. The molecule has 3 heterocycles. The third-order valence-corrected chi connectivity index (χ3v) is 11.8. The average Bonchev–Trinajstić information content (AvgIpc) is 3.77. The van der Waals surface area contributed by atoms with Crippen molar-refractivity contribution in [1.82, 2.24) is 19.1 Å². The van der Waals surface area contributed by atoms with Crippen molar-refractivity contribution in [3.8, 4) is 5.75 Å². The van der Waals surface area contributed by atoms with E-state index >= 15 is 0 Å². The minimum atomic E-state index is -3.95. The third-order valence-electron chi connectivity index (χ3n) is 9.13. The van der Waals surface area contributed by atoms with Gasteiger partial charge in [0, 0.05) is 38.0 Å². The molecule has 0 aliphatic carbocycles. The Morgan fingerprint density at radius 3 is 2.54 bits per heavy atom. The van der Waals surface area contributed by atoms with Crippen LogP contribution in [0.25, 0.3) is 0 Å². The normalized spacial score (nSPS) is 17.4. The molecule has 2 aromatic carbocycles. The molecule has 0 saturated carbocycles. The Balaban J connectivity index is 1.36. The molecule has 2 aliphatic rings. The summed E-state index contributed by atoms with van der Waals surface area (Å²) in [5.74, 6) is -0.756. The molecule has 1 saturated heterocycles. The standard InChI is InChI=1S/C35H47N5O6S2/c1-23(2)19-39(48(44,45)30-10-11-32-27(18-30)12-15-46-32)21-31(41)28(17-26-8-6-5-7-9-26)16-24(3)33(34(36)42)40-14-13-38(35(40)43)20-29-22-47-25(4)37-29/h5-11,18,22-24,28,31,33,41H,12-17,19-21H2,1-4H3,(H2,36,42)/t24?,28-,31-,33?/m0/s1. The van der Waals surface area contributed by atoms with E-state index in [2.05, 4.69) is 4.98 Å². The third kappa shape index (κ3) is 8.36. The molecule has 5 rings (SSSR count). The number of primary amides is 1. The Hall–Kier alpha value is -3.52. The molecular weight excluding hydrogens is 651 g/mol. The van der Waals surface area contributed by atoms with Gasteiger partial charge in [0.25, 0.3) is 0 Å². The molecule has 0 spiro atoms. The van der Waals surface area contributed by atoms with Crippen LogP contribution in [0.4, 0.5) is 4.79 Å². The lowest BCUT2D eigenvalue weighted by atomic mass is 9.82. The van der Waals surface area contributed by atoms with Gasteiger partial charge in [0.05, 0.1) is 34.9 Å². The maximum absolute atomic E-state index is 14.0. The number of carbonyl (C=O) groups excluding carboxylic acids is 2. The Morgan fingerprint density at radius 1 is 1.12 bits per heavy atom. The highest BCUT2D eigenvalue weighted by Crippen LogP contribution is 2.32. The quantitative estimate of drug-likeness (QED) is 0.230. The number of aromatic nitrogens is 1. The van der Waals surface area contributed by atoms with Crippen LogP contribution >= 0.6 is 11.3 Å². The van der Waals surface area contributed by atoms with E-state index in [0.717, 1.165) is 21.8 Å². The van der Waals surface area contributed by atoms with Gasteiger partial charge < -0.3 is 25.4 Å². The highest BCUT2D eigenvalue weighted by molar-refractivity contribution is 7.89. The number of aliphatic hydroxyl groups is 1. The fourth-order valence-corrected chi connectivity index (χ4v) is 9.11. The first-order valence-corrected chi connectivity index (χ1v) is 18.9. The molecule has 3 aromatic rings. The van der Waals surface area contributed by atoms with Crippen LogP contribution in [0.1, 0.15) is 49.0 Å². The van der Waals surface area contributed by atoms with E-state index in [0.29, 0.717) is 51.3 Å². The number of rotatable bonds is 16. The van der Waals surface area contributed by atoms with Gasteiger partial charge in [0.2, 0.25) is 15.9 Å². The van der Waals surface area contributed by atoms with Crippen LogP contribution in [-0.2, 0) is 34.2 Å². The molecule has 2 aliphatic heterocycles. The second-order valence-corrected chi connectivity index (χ2v) is 16.4. The predicted molar refractivity (Wildman–Crippen MR) is 185 cm³/mol. The summed E-state index contributed by atoms with van der Waals surface area (Å²) in [5, 5.41) is 14.7. The van der Waals surface area contributed by atoms with Crippen LogP contribution in [0.5, 0.6) is 5.75 Å². The Bertz CT molecular complexity index is 1680. The zero-order chi connectivity index (χ0) is 34.6. The molecule has 2 unspecified atom stereocenters. The number of fused-ring (bicyclic) bond motifs is 1. The number of amides is 3. The Morgan fingerprint density at radius 2 is 1.88 bits per heavy atom. The summed E-state index contributed by atoms with van der Waals surface area (Å²) >= 11 is 1.52. The highest BCUT2D eigenvalue weighted by Gasteiger charge is 2.41.